The first-order valence-electron chi connectivity index (χ1n) is 6.91. The van der Waals surface area contributed by atoms with E-state index >= 15 is 0 Å². The fourth-order valence-corrected chi connectivity index (χ4v) is 3.57. The van der Waals surface area contributed by atoms with Crippen molar-refractivity contribution in [1.29, 1.82) is 0 Å². The van der Waals surface area contributed by atoms with Gasteiger partial charge in [0.15, 0.2) is 5.13 Å². The molecule has 2 aromatic carbocycles. The van der Waals surface area contributed by atoms with Gasteiger partial charge in [-0.05, 0) is 18.2 Å². The van der Waals surface area contributed by atoms with Crippen molar-refractivity contribution in [3.05, 3.63) is 63.9 Å². The molecular weight excluding hydrogens is 376 g/mol. The van der Waals surface area contributed by atoms with E-state index in [1.165, 1.54) is 11.3 Å². The molecular formula is C17H13BrN2O2S. The lowest BCUT2D eigenvalue weighted by Crippen LogP contribution is -1.99. The van der Waals surface area contributed by atoms with Crippen LogP contribution in [0.2, 0.25) is 0 Å². The average Bonchev–Trinajstić information content (AvgIpc) is 2.90. The second-order valence-electron chi connectivity index (χ2n) is 4.86. The van der Waals surface area contributed by atoms with Crippen LogP contribution >= 0.6 is 27.3 Å². The maximum absolute atomic E-state index is 11.1. The zero-order valence-corrected chi connectivity index (χ0v) is 14.4. The maximum Gasteiger partial charge on any atom is 0.308 e. The van der Waals surface area contributed by atoms with Crippen LogP contribution in [-0.4, -0.2) is 16.1 Å². The molecule has 0 fully saturated rings. The lowest BCUT2D eigenvalue weighted by Gasteiger charge is -2.02. The molecule has 116 valence electrons. The number of carboxylic acids is 1. The summed E-state index contributed by atoms with van der Waals surface area (Å²) < 4.78 is 0.966. The number of hydrogen-bond acceptors (Lipinski definition) is 4. The Labute approximate surface area is 146 Å². The van der Waals surface area contributed by atoms with Gasteiger partial charge in [-0.25, -0.2) is 4.98 Å². The summed E-state index contributed by atoms with van der Waals surface area (Å²) in [5.41, 5.74) is 2.53. The number of carboxylic acid groups (broad SMARTS) is 1. The van der Waals surface area contributed by atoms with E-state index in [9.17, 15) is 4.79 Å². The number of aliphatic carboxylic acids is 1. The van der Waals surface area contributed by atoms with Gasteiger partial charge < -0.3 is 10.4 Å². The molecule has 4 nitrogen and oxygen atoms in total. The minimum Gasteiger partial charge on any atom is -0.481 e. The Morgan fingerprint density at radius 1 is 1.17 bits per heavy atom. The van der Waals surface area contributed by atoms with Crippen LogP contribution in [0.4, 0.5) is 10.8 Å². The topological polar surface area (TPSA) is 62.2 Å². The highest BCUT2D eigenvalue weighted by Crippen LogP contribution is 2.33. The Kier molecular flexibility index (Phi) is 4.73. The Balaban J connectivity index is 1.96. The van der Waals surface area contributed by atoms with Crippen LogP contribution in [0.25, 0.3) is 11.3 Å². The molecule has 0 bridgehead atoms. The minimum atomic E-state index is -0.861. The number of nitrogens with one attached hydrogen (secondary N) is 1. The van der Waals surface area contributed by atoms with Gasteiger partial charge in [-0.15, -0.1) is 11.3 Å². The van der Waals surface area contributed by atoms with E-state index in [0.717, 1.165) is 26.3 Å². The van der Waals surface area contributed by atoms with Gasteiger partial charge in [0, 0.05) is 20.6 Å². The van der Waals surface area contributed by atoms with E-state index in [2.05, 4.69) is 26.2 Å². The number of hydrogen-bond donors (Lipinski definition) is 2. The summed E-state index contributed by atoms with van der Waals surface area (Å²) in [5.74, 6) is -0.861. The van der Waals surface area contributed by atoms with Gasteiger partial charge in [0.2, 0.25) is 0 Å². The van der Waals surface area contributed by atoms with Crippen molar-refractivity contribution in [2.24, 2.45) is 0 Å². The number of carbonyl (C=O) groups is 1. The molecule has 0 aliphatic carbocycles. The van der Waals surface area contributed by atoms with Gasteiger partial charge in [0.05, 0.1) is 12.1 Å². The van der Waals surface area contributed by atoms with Crippen molar-refractivity contribution in [2.75, 3.05) is 5.32 Å². The third-order valence-electron chi connectivity index (χ3n) is 3.13. The predicted octanol–water partition coefficient (Wildman–Crippen LogP) is 4.94. The molecule has 6 heteroatoms. The third-order valence-corrected chi connectivity index (χ3v) is 4.60. The fraction of sp³-hybridized carbons (Fsp3) is 0.0588. The number of rotatable bonds is 5. The van der Waals surface area contributed by atoms with Gasteiger partial charge in [-0.2, -0.15) is 0 Å². The molecule has 23 heavy (non-hydrogen) atoms. The van der Waals surface area contributed by atoms with Crippen molar-refractivity contribution in [2.45, 2.75) is 6.42 Å². The highest BCUT2D eigenvalue weighted by Gasteiger charge is 2.15. The highest BCUT2D eigenvalue weighted by molar-refractivity contribution is 9.10. The van der Waals surface area contributed by atoms with Crippen molar-refractivity contribution < 1.29 is 9.90 Å². The Bertz CT molecular complexity index is 834. The molecule has 0 saturated carbocycles. The van der Waals surface area contributed by atoms with Crippen LogP contribution in [0.1, 0.15) is 4.88 Å². The molecule has 0 amide bonds. The molecule has 0 atom stereocenters. The van der Waals surface area contributed by atoms with E-state index in [1.54, 1.807) is 0 Å². The lowest BCUT2D eigenvalue weighted by atomic mass is 10.1. The molecule has 3 rings (SSSR count). The van der Waals surface area contributed by atoms with Crippen molar-refractivity contribution in [3.63, 3.8) is 0 Å². The third kappa shape index (κ3) is 3.97. The monoisotopic (exact) mass is 388 g/mol. The molecule has 3 aromatic rings. The van der Waals surface area contributed by atoms with Gasteiger partial charge in [0.25, 0.3) is 0 Å². The molecule has 0 aliphatic rings. The molecule has 2 N–H and O–H groups in total. The van der Waals surface area contributed by atoms with Crippen LogP contribution in [0.15, 0.2) is 59.1 Å². The first kappa shape index (κ1) is 15.7. The van der Waals surface area contributed by atoms with E-state index in [1.807, 2.05) is 54.6 Å². The highest BCUT2D eigenvalue weighted by atomic mass is 79.9. The Hall–Kier alpha value is -2.18. The van der Waals surface area contributed by atoms with Crippen LogP contribution in [0.3, 0.4) is 0 Å². The standard InChI is InChI=1S/C17H13BrN2O2S/c18-12-7-4-8-13(9-12)19-17-20-16(11-5-2-1-3-6-11)14(23-17)10-15(21)22/h1-9H,10H2,(H,19,20)(H,21,22). The summed E-state index contributed by atoms with van der Waals surface area (Å²) in [6, 6.07) is 17.4. The van der Waals surface area contributed by atoms with Crippen LogP contribution < -0.4 is 5.32 Å². The number of benzene rings is 2. The maximum atomic E-state index is 11.1. The predicted molar refractivity (Wildman–Crippen MR) is 96.3 cm³/mol. The zero-order valence-electron chi connectivity index (χ0n) is 12.0. The van der Waals surface area contributed by atoms with Gasteiger partial charge in [0.1, 0.15) is 0 Å². The van der Waals surface area contributed by atoms with E-state index in [4.69, 9.17) is 5.11 Å². The van der Waals surface area contributed by atoms with Gasteiger partial charge >= 0.3 is 5.97 Å². The Morgan fingerprint density at radius 3 is 2.65 bits per heavy atom. The summed E-state index contributed by atoms with van der Waals surface area (Å²) in [5, 5.41) is 13.0. The van der Waals surface area contributed by atoms with E-state index < -0.39 is 5.97 Å². The van der Waals surface area contributed by atoms with Crippen LogP contribution in [-0.2, 0) is 11.2 Å². The zero-order chi connectivity index (χ0) is 16.2. The molecule has 1 heterocycles. The smallest absolute Gasteiger partial charge is 0.308 e. The summed E-state index contributed by atoms with van der Waals surface area (Å²) in [4.78, 5) is 16.4. The number of nitrogens with zero attached hydrogens (tertiary/aromatic N) is 1. The average molecular weight is 389 g/mol. The van der Waals surface area contributed by atoms with Gasteiger partial charge in [-0.3, -0.25) is 4.79 Å². The van der Waals surface area contributed by atoms with E-state index in [-0.39, 0.29) is 6.42 Å². The van der Waals surface area contributed by atoms with Gasteiger partial charge in [-0.1, -0.05) is 52.3 Å². The second-order valence-corrected chi connectivity index (χ2v) is 6.86. The quantitative estimate of drug-likeness (QED) is 0.649. The van der Waals surface area contributed by atoms with Crippen molar-refractivity contribution in [3.8, 4) is 11.3 Å². The molecule has 0 radical (unpaired) electrons. The number of thiazole rings is 1. The number of anilines is 2. The summed E-state index contributed by atoms with van der Waals surface area (Å²) in [6.07, 6.45) is -0.0396. The SMILES string of the molecule is O=C(O)Cc1sc(Nc2cccc(Br)c2)nc1-c1ccccc1. The van der Waals surface area contributed by atoms with Crippen molar-refractivity contribution in [1.82, 2.24) is 4.98 Å². The van der Waals surface area contributed by atoms with Crippen LogP contribution in [0.5, 0.6) is 0 Å². The van der Waals surface area contributed by atoms with E-state index in [0.29, 0.717) is 5.13 Å². The summed E-state index contributed by atoms with van der Waals surface area (Å²) in [7, 11) is 0. The number of aromatic nitrogens is 1. The van der Waals surface area contributed by atoms with Crippen LogP contribution in [0, 0.1) is 0 Å². The first-order chi connectivity index (χ1) is 11.1. The largest absolute Gasteiger partial charge is 0.481 e. The summed E-state index contributed by atoms with van der Waals surface area (Å²) >= 11 is 4.79. The summed E-state index contributed by atoms with van der Waals surface area (Å²) in [6.45, 7) is 0. The van der Waals surface area contributed by atoms with Crippen molar-refractivity contribution >= 4 is 44.1 Å². The minimum absolute atomic E-state index is 0.0396. The normalized spacial score (nSPS) is 10.5. The fourth-order valence-electron chi connectivity index (χ4n) is 2.17. The molecule has 1 aromatic heterocycles. The Morgan fingerprint density at radius 2 is 1.96 bits per heavy atom. The molecule has 0 saturated heterocycles. The first-order valence-corrected chi connectivity index (χ1v) is 8.52. The molecule has 0 aliphatic heterocycles. The molecule has 0 spiro atoms. The molecule has 0 unspecified atom stereocenters. The second kappa shape index (κ2) is 6.93. The number of halogens is 1. The lowest BCUT2D eigenvalue weighted by molar-refractivity contribution is -0.136.